The third-order valence-electron chi connectivity index (χ3n) is 12.3. The number of carbonyl (C=O) groups is 2. The molecular weight excluding hydrogens is 516 g/mol. The van der Waals surface area contributed by atoms with Crippen LogP contribution in [0.3, 0.4) is 0 Å². The van der Waals surface area contributed by atoms with Gasteiger partial charge in [0.1, 0.15) is 19.0 Å². The predicted molar refractivity (Wildman–Crippen MR) is 141 cm³/mol. The maximum atomic E-state index is 13.0. The van der Waals surface area contributed by atoms with Crippen molar-refractivity contribution < 1.29 is 43.5 Å². The topological polar surface area (TPSA) is 121 Å². The first-order valence-corrected chi connectivity index (χ1v) is 15.3. The molecule has 0 aromatic heterocycles. The lowest BCUT2D eigenvalue weighted by molar-refractivity contribution is -0.270. The molecule has 0 bridgehead atoms. The standard InChI is InChI=1S/C31H44O9/c1-27(2)39-23-13-26(37-16-24(23)40-27)38-19-4-9-29(17-32)21-5-8-28(3)20(18-12-25(33)36-15-18)7-11-31(28,35)22(21)6-10-30(29,34)14-19/h12,17,19-24,26,34-35H,4-11,13-16H2,1-3H3/t19-,20+,21-,22+,23+,24+,26-,28+,29-,30-,31-/m0/s1. The second-order valence-corrected chi connectivity index (χ2v) is 14.5. The monoisotopic (exact) mass is 560 g/mol. The highest BCUT2D eigenvalue weighted by molar-refractivity contribution is 5.85. The van der Waals surface area contributed by atoms with E-state index in [1.165, 1.54) is 0 Å². The van der Waals surface area contributed by atoms with Gasteiger partial charge in [-0.1, -0.05) is 6.92 Å². The maximum absolute atomic E-state index is 13.0. The Kier molecular flexibility index (Phi) is 6.23. The first-order chi connectivity index (χ1) is 18.9. The zero-order chi connectivity index (χ0) is 28.1. The van der Waals surface area contributed by atoms with Gasteiger partial charge in [0, 0.05) is 24.3 Å². The molecule has 9 nitrogen and oxygen atoms in total. The van der Waals surface area contributed by atoms with Gasteiger partial charge in [-0.25, -0.2) is 4.79 Å². The van der Waals surface area contributed by atoms with E-state index in [1.54, 1.807) is 6.08 Å². The Morgan fingerprint density at radius 3 is 2.50 bits per heavy atom. The second kappa shape index (κ2) is 9.07. The highest BCUT2D eigenvalue weighted by Crippen LogP contribution is 2.70. The highest BCUT2D eigenvalue weighted by atomic mass is 16.8. The number of esters is 1. The van der Waals surface area contributed by atoms with Crippen molar-refractivity contribution in [1.82, 2.24) is 0 Å². The summed E-state index contributed by atoms with van der Waals surface area (Å²) in [6.07, 6.45) is 8.08. The lowest BCUT2D eigenvalue weighted by atomic mass is 9.41. The van der Waals surface area contributed by atoms with Crippen molar-refractivity contribution >= 4 is 12.3 Å². The number of aldehydes is 1. The summed E-state index contributed by atoms with van der Waals surface area (Å²) >= 11 is 0. The Morgan fingerprint density at radius 2 is 1.75 bits per heavy atom. The van der Waals surface area contributed by atoms with E-state index in [0.29, 0.717) is 58.2 Å². The predicted octanol–water partition coefficient (Wildman–Crippen LogP) is 3.19. The van der Waals surface area contributed by atoms with Crippen molar-refractivity contribution in [3.8, 4) is 0 Å². The molecular formula is C31H44O9. The Morgan fingerprint density at radius 1 is 0.975 bits per heavy atom. The van der Waals surface area contributed by atoms with Crippen LogP contribution >= 0.6 is 0 Å². The maximum Gasteiger partial charge on any atom is 0.331 e. The molecule has 40 heavy (non-hydrogen) atoms. The van der Waals surface area contributed by atoms with Crippen molar-refractivity contribution in [2.45, 2.75) is 127 Å². The number of ether oxygens (including phenoxy) is 5. The van der Waals surface area contributed by atoms with Gasteiger partial charge in [-0.2, -0.15) is 0 Å². The highest BCUT2D eigenvalue weighted by Gasteiger charge is 2.71. The number of fused-ring (bicyclic) bond motifs is 6. The van der Waals surface area contributed by atoms with E-state index in [2.05, 4.69) is 6.92 Å². The van der Waals surface area contributed by atoms with Crippen molar-refractivity contribution in [3.63, 3.8) is 0 Å². The van der Waals surface area contributed by atoms with Crippen LogP contribution in [0.4, 0.5) is 0 Å². The number of hydrogen-bond donors (Lipinski definition) is 2. The summed E-state index contributed by atoms with van der Waals surface area (Å²) in [4.78, 5) is 24.9. The van der Waals surface area contributed by atoms with E-state index in [0.717, 1.165) is 31.1 Å². The first-order valence-electron chi connectivity index (χ1n) is 15.3. The fraction of sp³-hybridized carbons (Fsp3) is 0.871. The quantitative estimate of drug-likeness (QED) is 0.303. The van der Waals surface area contributed by atoms with Gasteiger partial charge in [-0.3, -0.25) is 0 Å². The van der Waals surface area contributed by atoms with Gasteiger partial charge in [-0.05, 0) is 88.5 Å². The van der Waals surface area contributed by atoms with E-state index < -0.39 is 28.7 Å². The van der Waals surface area contributed by atoms with E-state index in [9.17, 15) is 19.8 Å². The zero-order valence-corrected chi connectivity index (χ0v) is 23.9. The van der Waals surface area contributed by atoms with Crippen molar-refractivity contribution in [2.24, 2.45) is 28.6 Å². The smallest absolute Gasteiger partial charge is 0.331 e. The average molecular weight is 561 g/mol. The molecule has 3 heterocycles. The summed E-state index contributed by atoms with van der Waals surface area (Å²) in [5.74, 6) is -0.990. The molecule has 6 fully saturated rings. The number of cyclic esters (lactones) is 1. The Labute approximate surface area is 235 Å². The van der Waals surface area contributed by atoms with E-state index in [4.69, 9.17) is 23.7 Å². The molecule has 0 unspecified atom stereocenters. The van der Waals surface area contributed by atoms with Gasteiger partial charge < -0.3 is 38.7 Å². The molecule has 0 aromatic carbocycles. The summed E-state index contributed by atoms with van der Waals surface area (Å²) in [5.41, 5.74) is -2.42. The van der Waals surface area contributed by atoms with Gasteiger partial charge >= 0.3 is 5.97 Å². The fourth-order valence-corrected chi connectivity index (χ4v) is 10.5. The van der Waals surface area contributed by atoms with Crippen LogP contribution in [0.5, 0.6) is 0 Å². The van der Waals surface area contributed by atoms with Crippen LogP contribution in [0.25, 0.3) is 0 Å². The second-order valence-electron chi connectivity index (χ2n) is 14.5. The first kappa shape index (κ1) is 27.5. The Balaban J connectivity index is 1.08. The minimum atomic E-state index is -1.18. The van der Waals surface area contributed by atoms with Crippen LogP contribution in [0.15, 0.2) is 11.6 Å². The van der Waals surface area contributed by atoms with Gasteiger partial charge in [0.25, 0.3) is 0 Å². The molecule has 9 heteroatoms. The van der Waals surface area contributed by atoms with Gasteiger partial charge in [0.2, 0.25) is 0 Å². The number of rotatable bonds is 4. The van der Waals surface area contributed by atoms with Gasteiger partial charge in [-0.15, -0.1) is 0 Å². The minimum absolute atomic E-state index is 0.0701. The molecule has 0 spiro atoms. The number of aliphatic hydroxyl groups is 2. The third kappa shape index (κ3) is 3.80. The molecule has 0 aromatic rings. The molecule has 222 valence electrons. The van der Waals surface area contributed by atoms with E-state index in [1.807, 2.05) is 13.8 Å². The summed E-state index contributed by atoms with van der Waals surface area (Å²) in [6, 6.07) is 0. The van der Waals surface area contributed by atoms with Crippen LogP contribution in [0.2, 0.25) is 0 Å². The SMILES string of the molecule is CC1(C)O[C@@H]2CO[C@@H](O[C@H]3CC[C@]4(C=O)[C@H]5CC[C@]6(C)[C@@H](C7=CC(=O)OC7)CC[C@]6(O)[C@@H]5CC[C@]4(O)C3)C[C@H]2O1. The van der Waals surface area contributed by atoms with Crippen LogP contribution in [0, 0.1) is 28.6 Å². The molecule has 0 amide bonds. The normalized spacial score (nSPS) is 53.1. The van der Waals surface area contributed by atoms with E-state index >= 15 is 0 Å². The molecule has 4 aliphatic carbocycles. The van der Waals surface area contributed by atoms with Gasteiger partial charge in [0.15, 0.2) is 12.1 Å². The lowest BCUT2D eigenvalue weighted by Crippen LogP contribution is -2.69. The molecule has 4 saturated carbocycles. The molecule has 2 saturated heterocycles. The van der Waals surface area contributed by atoms with E-state index in [-0.39, 0.29) is 47.4 Å². The summed E-state index contributed by atoms with van der Waals surface area (Å²) in [6.45, 7) is 6.70. The third-order valence-corrected chi connectivity index (χ3v) is 12.3. The van der Waals surface area contributed by atoms with Crippen molar-refractivity contribution in [1.29, 1.82) is 0 Å². The van der Waals surface area contributed by atoms with Crippen LogP contribution in [-0.2, 0) is 33.3 Å². The van der Waals surface area contributed by atoms with Gasteiger partial charge in [0.05, 0.1) is 35.4 Å². The summed E-state index contributed by atoms with van der Waals surface area (Å²) < 4.78 is 29.6. The van der Waals surface area contributed by atoms with Crippen molar-refractivity contribution in [2.75, 3.05) is 13.2 Å². The molecule has 11 atom stereocenters. The molecule has 7 aliphatic rings. The molecule has 0 radical (unpaired) electrons. The lowest BCUT2D eigenvalue weighted by Gasteiger charge is -2.65. The number of hydrogen-bond acceptors (Lipinski definition) is 9. The summed E-state index contributed by atoms with van der Waals surface area (Å²) in [5, 5.41) is 24.6. The summed E-state index contributed by atoms with van der Waals surface area (Å²) in [7, 11) is 0. The largest absolute Gasteiger partial charge is 0.458 e. The van der Waals surface area contributed by atoms with Crippen molar-refractivity contribution in [3.05, 3.63) is 11.6 Å². The van der Waals surface area contributed by atoms with Crippen LogP contribution < -0.4 is 0 Å². The Bertz CT molecular complexity index is 1100. The van der Waals surface area contributed by atoms with Crippen LogP contribution in [0.1, 0.15) is 85.0 Å². The molecule has 3 aliphatic heterocycles. The molecule has 2 N–H and O–H groups in total. The average Bonchev–Trinajstić information content (AvgIpc) is 3.54. The van der Waals surface area contributed by atoms with Crippen LogP contribution in [-0.4, -0.2) is 77.3 Å². The zero-order valence-electron chi connectivity index (χ0n) is 23.9. The Hall–Kier alpha value is -1.36. The minimum Gasteiger partial charge on any atom is -0.458 e. The molecule has 7 rings (SSSR count). The number of carbonyl (C=O) groups excluding carboxylic acids is 2. The fourth-order valence-electron chi connectivity index (χ4n) is 10.5.